The Morgan fingerprint density at radius 1 is 1.08 bits per heavy atom. The van der Waals surface area contributed by atoms with Crippen molar-refractivity contribution in [1.29, 1.82) is 0 Å². The summed E-state index contributed by atoms with van der Waals surface area (Å²) in [7, 11) is -5.95. The first-order valence-corrected chi connectivity index (χ1v) is 12.8. The van der Waals surface area contributed by atoms with Gasteiger partial charge in [-0.05, 0) is 0 Å². The Morgan fingerprint density at radius 2 is 1.76 bits per heavy atom. The Morgan fingerprint density at radius 3 is 2.40 bits per heavy atom. The number of benzene rings is 2. The van der Waals surface area contributed by atoms with Crippen molar-refractivity contribution in [3.05, 3.63) is 61.2 Å². The molecule has 138 valence electrons. The molecule has 0 bridgehead atoms. The zero-order chi connectivity index (χ0) is 18.3. The Labute approximate surface area is 148 Å². The number of hydrogen-bond acceptors (Lipinski definition) is 3. The molecule has 0 saturated heterocycles. The average molecular weight is 487 g/mol. The molecule has 9 heteroatoms. The molecule has 1 N–H and O–H groups in total. The van der Waals surface area contributed by atoms with E-state index in [1.165, 1.54) is 30.3 Å². The molecule has 0 aromatic heterocycles. The van der Waals surface area contributed by atoms with E-state index in [1.54, 1.807) is 0 Å². The Hall–Kier alpha value is -1.33. The van der Waals surface area contributed by atoms with Crippen LogP contribution in [0.1, 0.15) is 12.0 Å². The quantitative estimate of drug-likeness (QED) is 0.389. The van der Waals surface area contributed by atoms with Gasteiger partial charge >= 0.3 is 148 Å². The molecule has 3 rings (SSSR count). The zero-order valence-electron chi connectivity index (χ0n) is 12.8. The second-order valence-corrected chi connectivity index (χ2v) is 14.3. The predicted octanol–water partition coefficient (Wildman–Crippen LogP) is 0.534. The van der Waals surface area contributed by atoms with Crippen LogP contribution < -0.4 is 23.7 Å². The fraction of sp³-hybridized carbons (Fsp3) is 0.250. The third-order valence-corrected chi connectivity index (χ3v) is 14.0. The number of hydrogen-bond donors (Lipinski definition) is 1. The zero-order valence-corrected chi connectivity index (χ0v) is 15.8. The molecule has 1 aliphatic heterocycles. The van der Waals surface area contributed by atoms with E-state index in [0.29, 0.717) is 13.0 Å². The fourth-order valence-electron chi connectivity index (χ4n) is 2.58. The summed E-state index contributed by atoms with van der Waals surface area (Å²) in [6, 6.07) is 10.3. The number of aryl methyl sites for hydroxylation is 1. The SMILES string of the molecule is O=S(=O)(O)C(F)(F)[I-](F)(c1ccccc1)c1ccc2c(c1)OCCC2. The molecule has 25 heavy (non-hydrogen) atoms. The summed E-state index contributed by atoms with van der Waals surface area (Å²) in [5, 5.41) is 0. The van der Waals surface area contributed by atoms with Crippen LogP contribution in [0.4, 0.5) is 11.6 Å². The van der Waals surface area contributed by atoms with Crippen LogP contribution in [0.25, 0.3) is 0 Å². The van der Waals surface area contributed by atoms with E-state index in [4.69, 9.17) is 9.29 Å². The Balaban J connectivity index is 2.26. The molecular weight excluding hydrogens is 472 g/mol. The average Bonchev–Trinajstić information content (AvgIpc) is 2.60. The molecule has 0 fully saturated rings. The van der Waals surface area contributed by atoms with Gasteiger partial charge in [0.25, 0.3) is 0 Å². The van der Waals surface area contributed by atoms with E-state index in [-0.39, 0.29) is 5.75 Å². The minimum atomic E-state index is -6.24. The molecule has 1 unspecified atom stereocenters. The topological polar surface area (TPSA) is 63.6 Å². The summed E-state index contributed by atoms with van der Waals surface area (Å²) in [5.41, 5.74) is 0.752. The van der Waals surface area contributed by atoms with Crippen LogP contribution in [0, 0.1) is 7.14 Å². The van der Waals surface area contributed by atoms with E-state index in [2.05, 4.69) is 0 Å². The molecule has 4 nitrogen and oxygen atoms in total. The summed E-state index contributed by atoms with van der Waals surface area (Å²) in [6.07, 6.45) is 1.43. The van der Waals surface area contributed by atoms with Gasteiger partial charge in [0.05, 0.1) is 0 Å². The number of fused-ring (bicyclic) bond motifs is 1. The van der Waals surface area contributed by atoms with Crippen LogP contribution in [0.2, 0.25) is 0 Å². The van der Waals surface area contributed by atoms with Gasteiger partial charge in [0.15, 0.2) is 0 Å². The molecular formula is C16H15F3IO4S-. The van der Waals surface area contributed by atoms with E-state index < -0.39 is 39.5 Å². The van der Waals surface area contributed by atoms with Crippen LogP contribution >= 0.6 is 0 Å². The molecule has 0 radical (unpaired) electrons. The molecule has 0 amide bonds. The summed E-state index contributed by atoms with van der Waals surface area (Å²) in [6.45, 7) is 0.377. The van der Waals surface area contributed by atoms with Crippen molar-refractivity contribution in [2.75, 3.05) is 6.61 Å². The third kappa shape index (κ3) is 3.02. The van der Waals surface area contributed by atoms with Crippen LogP contribution in [-0.2, 0) is 16.5 Å². The van der Waals surface area contributed by atoms with Crippen molar-refractivity contribution >= 4 is 10.1 Å². The molecule has 1 aliphatic rings. The third-order valence-electron chi connectivity index (χ3n) is 3.81. The van der Waals surface area contributed by atoms with Gasteiger partial charge < -0.3 is 0 Å². The number of ether oxygens (including phenoxy) is 1. The number of rotatable bonds is 4. The van der Waals surface area contributed by atoms with Gasteiger partial charge in [0.2, 0.25) is 0 Å². The molecule has 2 aromatic rings. The van der Waals surface area contributed by atoms with Crippen LogP contribution in [0.5, 0.6) is 5.75 Å². The molecule has 0 saturated carbocycles. The molecule has 2 aromatic carbocycles. The first-order chi connectivity index (χ1) is 11.7. The molecule has 1 atom stereocenters. The number of alkyl halides is 3. The fourth-order valence-corrected chi connectivity index (χ4v) is 11.3. The summed E-state index contributed by atoms with van der Waals surface area (Å²) in [5.74, 6) is 0.274. The maximum absolute atomic E-state index is 15.9. The normalized spacial score (nSPS) is 18.6. The van der Waals surface area contributed by atoms with Gasteiger partial charge in [0.1, 0.15) is 0 Å². The summed E-state index contributed by atoms with van der Waals surface area (Å²) >= 11 is -6.24. The van der Waals surface area contributed by atoms with Crippen LogP contribution in [-0.4, -0.2) is 22.8 Å². The predicted molar refractivity (Wildman–Crippen MR) is 81.7 cm³/mol. The van der Waals surface area contributed by atoms with E-state index in [9.17, 15) is 17.2 Å². The Kier molecular flexibility index (Phi) is 4.75. The van der Waals surface area contributed by atoms with E-state index in [0.717, 1.165) is 30.2 Å². The van der Waals surface area contributed by atoms with Gasteiger partial charge in [0, 0.05) is 0 Å². The second-order valence-electron chi connectivity index (χ2n) is 5.42. The van der Waals surface area contributed by atoms with Gasteiger partial charge in [-0.15, -0.1) is 0 Å². The molecule has 0 spiro atoms. The number of halogens is 4. The van der Waals surface area contributed by atoms with Gasteiger partial charge in [-0.2, -0.15) is 0 Å². The first-order valence-electron chi connectivity index (χ1n) is 7.30. The van der Waals surface area contributed by atoms with Crippen molar-refractivity contribution in [2.45, 2.75) is 16.1 Å². The van der Waals surface area contributed by atoms with Gasteiger partial charge in [-0.25, -0.2) is 0 Å². The summed E-state index contributed by atoms with van der Waals surface area (Å²) in [4.78, 5) is 0. The van der Waals surface area contributed by atoms with Crippen LogP contribution in [0.15, 0.2) is 48.5 Å². The van der Waals surface area contributed by atoms with E-state index in [1.807, 2.05) is 0 Å². The second kappa shape index (κ2) is 6.44. The van der Waals surface area contributed by atoms with Crippen LogP contribution in [0.3, 0.4) is 0 Å². The molecule has 0 aliphatic carbocycles. The van der Waals surface area contributed by atoms with Crippen molar-refractivity contribution in [1.82, 2.24) is 0 Å². The minimum absolute atomic E-state index is 0.274. The standard InChI is InChI=1S/C16H15F3IO4S/c17-16(18,25(21,22)23)20(19,13-6-2-1-3-7-13)14-9-8-12-5-4-10-24-15(12)11-14/h1-3,6-9,11H,4-5,10H2,(H,21,22,23)/q-1. The van der Waals surface area contributed by atoms with Crippen molar-refractivity contribution in [3.8, 4) is 5.75 Å². The Bertz CT molecular complexity index is 890. The maximum atomic E-state index is 15.9. The van der Waals surface area contributed by atoms with E-state index >= 15 is 2.86 Å². The summed E-state index contributed by atoms with van der Waals surface area (Å²) < 4.78 is 76.5. The van der Waals surface area contributed by atoms with Crippen molar-refractivity contribution in [2.24, 2.45) is 0 Å². The first kappa shape index (κ1) is 18.5. The van der Waals surface area contributed by atoms with Crippen molar-refractivity contribution < 1.29 is 48.4 Å². The van der Waals surface area contributed by atoms with Gasteiger partial charge in [-0.1, -0.05) is 0 Å². The molecule has 1 heterocycles. The van der Waals surface area contributed by atoms with Crippen molar-refractivity contribution in [3.63, 3.8) is 0 Å². The van der Waals surface area contributed by atoms with Gasteiger partial charge in [-0.3, -0.25) is 0 Å². The monoisotopic (exact) mass is 487 g/mol.